The standard InChI is InChI=1S/C20H22Cl2N2O3S/c1-5-23-17(26)11-24-18(10-16(25)20(2,3)4)28-15(19(24)27)8-12-6-7-13(21)9-14(12)22/h6-10H,5,11H2,1-4H3,(H,23,26)/b15-8+,18-10-. The van der Waals surface area contributed by atoms with Crippen molar-refractivity contribution in [2.75, 3.05) is 6.54 Å². The number of likely N-dealkylation sites (N-methyl/N-ethyl adjacent to an activating group) is 1. The number of aromatic nitrogens is 1. The van der Waals surface area contributed by atoms with Crippen molar-refractivity contribution >= 4 is 58.4 Å². The van der Waals surface area contributed by atoms with Gasteiger partial charge in [0.15, 0.2) is 5.78 Å². The second-order valence-corrected chi connectivity index (χ2v) is 9.12. The predicted octanol–water partition coefficient (Wildman–Crippen LogP) is 2.58. The Balaban J connectivity index is 2.67. The minimum Gasteiger partial charge on any atom is -0.355 e. The zero-order valence-corrected chi connectivity index (χ0v) is 18.5. The fourth-order valence-electron chi connectivity index (χ4n) is 2.28. The molecule has 0 saturated heterocycles. The third kappa shape index (κ3) is 5.56. The second kappa shape index (κ2) is 9.07. The summed E-state index contributed by atoms with van der Waals surface area (Å²) >= 11 is 13.3. The summed E-state index contributed by atoms with van der Waals surface area (Å²) in [6, 6.07) is 4.98. The molecule has 1 amide bonds. The van der Waals surface area contributed by atoms with E-state index in [1.54, 1.807) is 52.0 Å². The molecule has 2 aromatic rings. The number of ketones is 1. The number of Topliss-reactive ketones (excluding diaryl/α,β-unsaturated/α-hetero) is 1. The van der Waals surface area contributed by atoms with E-state index in [0.29, 0.717) is 31.3 Å². The third-order valence-corrected chi connectivity index (χ3v) is 5.48. The van der Waals surface area contributed by atoms with Crippen LogP contribution in [-0.4, -0.2) is 22.8 Å². The van der Waals surface area contributed by atoms with Crippen LogP contribution in [0, 0.1) is 5.41 Å². The molecule has 0 aliphatic carbocycles. The molecule has 28 heavy (non-hydrogen) atoms. The van der Waals surface area contributed by atoms with Crippen LogP contribution in [0.3, 0.4) is 0 Å². The maximum absolute atomic E-state index is 12.9. The Bertz CT molecular complexity index is 1080. The predicted molar refractivity (Wildman–Crippen MR) is 115 cm³/mol. The van der Waals surface area contributed by atoms with Crippen LogP contribution < -0.4 is 20.1 Å². The molecule has 0 aliphatic rings. The molecule has 0 spiro atoms. The monoisotopic (exact) mass is 440 g/mol. The van der Waals surface area contributed by atoms with Crippen molar-refractivity contribution in [2.45, 2.75) is 34.2 Å². The van der Waals surface area contributed by atoms with E-state index in [0.717, 1.165) is 11.3 Å². The minimum absolute atomic E-state index is 0.130. The largest absolute Gasteiger partial charge is 0.355 e. The van der Waals surface area contributed by atoms with E-state index >= 15 is 0 Å². The lowest BCUT2D eigenvalue weighted by atomic mass is 9.91. The van der Waals surface area contributed by atoms with E-state index in [1.807, 2.05) is 0 Å². The molecular weight excluding hydrogens is 419 g/mol. The fourth-order valence-corrected chi connectivity index (χ4v) is 3.77. The highest BCUT2D eigenvalue weighted by Crippen LogP contribution is 2.21. The van der Waals surface area contributed by atoms with Crippen molar-refractivity contribution in [1.29, 1.82) is 0 Å². The van der Waals surface area contributed by atoms with E-state index in [4.69, 9.17) is 23.2 Å². The molecule has 2 rings (SSSR count). The molecule has 1 heterocycles. The first-order valence-electron chi connectivity index (χ1n) is 8.72. The molecule has 0 radical (unpaired) electrons. The van der Waals surface area contributed by atoms with Crippen LogP contribution in [0.25, 0.3) is 12.2 Å². The smallest absolute Gasteiger partial charge is 0.269 e. The Morgan fingerprint density at radius 3 is 2.50 bits per heavy atom. The normalized spacial score (nSPS) is 13.1. The van der Waals surface area contributed by atoms with Gasteiger partial charge >= 0.3 is 0 Å². The topological polar surface area (TPSA) is 68.2 Å². The molecule has 0 atom stereocenters. The number of rotatable bonds is 5. The first kappa shape index (κ1) is 22.4. The highest BCUT2D eigenvalue weighted by Gasteiger charge is 2.20. The van der Waals surface area contributed by atoms with Crippen molar-refractivity contribution < 1.29 is 9.59 Å². The molecule has 1 aromatic carbocycles. The number of amides is 1. The van der Waals surface area contributed by atoms with Gasteiger partial charge in [-0.1, -0.05) is 50.0 Å². The van der Waals surface area contributed by atoms with Crippen molar-refractivity contribution in [2.24, 2.45) is 5.41 Å². The number of carbonyl (C=O) groups is 2. The third-order valence-electron chi connectivity index (χ3n) is 3.86. The van der Waals surface area contributed by atoms with Crippen LogP contribution in [-0.2, 0) is 16.1 Å². The number of benzene rings is 1. The van der Waals surface area contributed by atoms with Crippen molar-refractivity contribution in [3.8, 4) is 0 Å². The van der Waals surface area contributed by atoms with E-state index < -0.39 is 5.41 Å². The summed E-state index contributed by atoms with van der Waals surface area (Å²) in [6.07, 6.45) is 3.06. The zero-order chi connectivity index (χ0) is 21.1. The quantitative estimate of drug-likeness (QED) is 0.776. The van der Waals surface area contributed by atoms with Gasteiger partial charge in [-0.15, -0.1) is 11.3 Å². The van der Waals surface area contributed by atoms with E-state index in [1.165, 1.54) is 10.6 Å². The number of nitrogens with zero attached hydrogens (tertiary/aromatic N) is 1. The number of carbonyl (C=O) groups excluding carboxylic acids is 2. The van der Waals surface area contributed by atoms with Crippen LogP contribution in [0.5, 0.6) is 0 Å². The lowest BCUT2D eigenvalue weighted by Crippen LogP contribution is -2.38. The maximum atomic E-state index is 12.9. The van der Waals surface area contributed by atoms with Crippen molar-refractivity contribution in [3.63, 3.8) is 0 Å². The van der Waals surface area contributed by atoms with Crippen molar-refractivity contribution in [1.82, 2.24) is 9.88 Å². The molecular formula is C20H22Cl2N2O3S. The van der Waals surface area contributed by atoms with E-state index in [2.05, 4.69) is 5.32 Å². The average Bonchev–Trinajstić information content (AvgIpc) is 2.85. The van der Waals surface area contributed by atoms with Gasteiger partial charge in [-0.2, -0.15) is 0 Å². The summed E-state index contributed by atoms with van der Waals surface area (Å²) in [5.41, 5.74) is -0.321. The van der Waals surface area contributed by atoms with Crippen LogP contribution in [0.4, 0.5) is 0 Å². The Labute approximate surface area is 177 Å². The summed E-state index contributed by atoms with van der Waals surface area (Å²) in [7, 11) is 0. The van der Waals surface area contributed by atoms with E-state index in [9.17, 15) is 14.4 Å². The second-order valence-electron chi connectivity index (χ2n) is 7.22. The minimum atomic E-state index is -0.597. The molecule has 1 N–H and O–H groups in total. The molecule has 5 nitrogen and oxygen atoms in total. The summed E-state index contributed by atoms with van der Waals surface area (Å²) in [4.78, 5) is 37.4. The Hall–Kier alpha value is -1.89. The molecule has 0 saturated carbocycles. The number of halogens is 2. The highest BCUT2D eigenvalue weighted by molar-refractivity contribution is 7.07. The van der Waals surface area contributed by atoms with Gasteiger partial charge < -0.3 is 5.32 Å². The van der Waals surface area contributed by atoms with Crippen molar-refractivity contribution in [3.05, 3.63) is 53.4 Å². The lowest BCUT2D eigenvalue weighted by Gasteiger charge is -2.12. The number of hydrogen-bond donors (Lipinski definition) is 1. The van der Waals surface area contributed by atoms with Gasteiger partial charge in [-0.05, 0) is 30.7 Å². The maximum Gasteiger partial charge on any atom is 0.269 e. The van der Waals surface area contributed by atoms with Gasteiger partial charge in [-0.3, -0.25) is 19.0 Å². The summed E-state index contributed by atoms with van der Waals surface area (Å²) in [5, 5.41) is 3.57. The number of thiazole rings is 1. The summed E-state index contributed by atoms with van der Waals surface area (Å²) in [5.74, 6) is -0.425. The Morgan fingerprint density at radius 1 is 1.25 bits per heavy atom. The lowest BCUT2D eigenvalue weighted by molar-refractivity contribution is -0.122. The number of hydrogen-bond acceptors (Lipinski definition) is 4. The zero-order valence-electron chi connectivity index (χ0n) is 16.1. The number of nitrogens with one attached hydrogen (secondary N) is 1. The molecule has 150 valence electrons. The van der Waals surface area contributed by atoms with E-state index in [-0.39, 0.29) is 23.8 Å². The summed E-state index contributed by atoms with van der Waals surface area (Å²) in [6.45, 7) is 7.49. The Kier molecular flexibility index (Phi) is 7.26. The van der Waals surface area contributed by atoms with Gasteiger partial charge in [0, 0.05) is 28.1 Å². The van der Waals surface area contributed by atoms with Gasteiger partial charge in [0.25, 0.3) is 5.56 Å². The first-order valence-corrected chi connectivity index (χ1v) is 10.3. The molecule has 1 aromatic heterocycles. The highest BCUT2D eigenvalue weighted by atomic mass is 35.5. The SMILES string of the molecule is CCNC(=O)Cn1c(=O)/c(=C\c2ccc(Cl)cc2Cl)s/c1=C\C(=O)C(C)(C)C. The molecule has 0 bridgehead atoms. The van der Waals surface area contributed by atoms with Gasteiger partial charge in [-0.25, -0.2) is 0 Å². The average molecular weight is 441 g/mol. The fraction of sp³-hybridized carbons (Fsp3) is 0.350. The molecule has 0 aliphatic heterocycles. The summed E-state index contributed by atoms with van der Waals surface area (Å²) < 4.78 is 2.11. The van der Waals surface area contributed by atoms with Crippen LogP contribution in [0.2, 0.25) is 10.0 Å². The van der Waals surface area contributed by atoms with Crippen LogP contribution in [0.1, 0.15) is 33.3 Å². The molecule has 0 fully saturated rings. The van der Waals surface area contributed by atoms with Crippen LogP contribution in [0.15, 0.2) is 23.0 Å². The molecule has 8 heteroatoms. The Morgan fingerprint density at radius 2 is 1.93 bits per heavy atom. The van der Waals surface area contributed by atoms with Gasteiger partial charge in [0.2, 0.25) is 5.91 Å². The molecule has 0 unspecified atom stereocenters. The van der Waals surface area contributed by atoms with Gasteiger partial charge in [0.05, 0.1) is 4.53 Å². The van der Waals surface area contributed by atoms with Gasteiger partial charge in [0.1, 0.15) is 11.2 Å². The first-order chi connectivity index (χ1) is 13.0. The van der Waals surface area contributed by atoms with Crippen LogP contribution >= 0.6 is 34.5 Å².